The van der Waals surface area contributed by atoms with E-state index in [1.54, 1.807) is 21.8 Å². The Bertz CT molecular complexity index is 613. The summed E-state index contributed by atoms with van der Waals surface area (Å²) in [5, 5.41) is 9.20. The third-order valence-electron chi connectivity index (χ3n) is 3.19. The lowest BCUT2D eigenvalue weighted by molar-refractivity contribution is 0.0863. The van der Waals surface area contributed by atoms with E-state index in [0.29, 0.717) is 17.9 Å². The third kappa shape index (κ3) is 4.35. The van der Waals surface area contributed by atoms with E-state index in [1.807, 2.05) is 13.8 Å². The van der Waals surface area contributed by atoms with Gasteiger partial charge in [-0.3, -0.25) is 9.59 Å². The summed E-state index contributed by atoms with van der Waals surface area (Å²) in [6.45, 7) is 4.30. The van der Waals surface area contributed by atoms with Gasteiger partial charge >= 0.3 is 0 Å². The molecular weight excluding hydrogens is 320 g/mol. The number of carbonyl (C=O) groups is 2. The van der Waals surface area contributed by atoms with Crippen molar-refractivity contribution in [1.82, 2.24) is 20.6 Å². The Morgan fingerprint density at radius 3 is 2.23 bits per heavy atom. The van der Waals surface area contributed by atoms with Gasteiger partial charge in [0.05, 0.1) is 16.6 Å². The predicted octanol–water partition coefficient (Wildman–Crippen LogP) is 2.32. The van der Waals surface area contributed by atoms with Crippen LogP contribution in [0.15, 0.2) is 21.8 Å². The first-order chi connectivity index (χ1) is 10.5. The van der Waals surface area contributed by atoms with Crippen molar-refractivity contribution >= 4 is 34.5 Å². The summed E-state index contributed by atoms with van der Waals surface area (Å²) in [5.41, 5.74) is 3.51. The number of thiazole rings is 2. The molecule has 22 heavy (non-hydrogen) atoms. The van der Waals surface area contributed by atoms with Crippen LogP contribution in [-0.4, -0.2) is 33.9 Å². The van der Waals surface area contributed by atoms with Crippen LogP contribution in [-0.2, 0) is 0 Å². The molecule has 0 aliphatic carbocycles. The first-order valence-corrected chi connectivity index (χ1v) is 8.80. The minimum absolute atomic E-state index is 0.222. The first kappa shape index (κ1) is 16.6. The molecule has 0 radical (unpaired) electrons. The largest absolute Gasteiger partial charge is 0.348 e. The molecule has 6 nitrogen and oxygen atoms in total. The number of amides is 2. The van der Waals surface area contributed by atoms with Crippen molar-refractivity contribution in [1.29, 1.82) is 0 Å². The van der Waals surface area contributed by atoms with E-state index < -0.39 is 5.54 Å². The molecule has 8 heteroatoms. The van der Waals surface area contributed by atoms with Gasteiger partial charge in [-0.2, -0.15) is 0 Å². The molecular formula is C14H18N4O2S2. The molecule has 1 unspecified atom stereocenters. The Hall–Kier alpha value is -1.80. The number of aromatic nitrogens is 2. The van der Waals surface area contributed by atoms with Crippen LogP contribution in [0.1, 0.15) is 47.7 Å². The molecule has 0 fully saturated rings. The average molecular weight is 338 g/mol. The summed E-state index contributed by atoms with van der Waals surface area (Å²) < 4.78 is 0. The van der Waals surface area contributed by atoms with E-state index in [9.17, 15) is 9.59 Å². The van der Waals surface area contributed by atoms with Gasteiger partial charge in [0.1, 0.15) is 11.4 Å². The van der Waals surface area contributed by atoms with E-state index in [0.717, 1.165) is 12.8 Å². The Morgan fingerprint density at radius 1 is 1.14 bits per heavy atom. The topological polar surface area (TPSA) is 84.0 Å². The van der Waals surface area contributed by atoms with Crippen LogP contribution in [0.25, 0.3) is 0 Å². The summed E-state index contributed by atoms with van der Waals surface area (Å²) in [7, 11) is 0. The van der Waals surface area contributed by atoms with E-state index in [2.05, 4.69) is 20.6 Å². The van der Waals surface area contributed by atoms with Crippen LogP contribution < -0.4 is 10.6 Å². The number of hydrogen-bond acceptors (Lipinski definition) is 6. The van der Waals surface area contributed by atoms with Crippen LogP contribution in [0.4, 0.5) is 0 Å². The first-order valence-electron chi connectivity index (χ1n) is 6.91. The molecule has 2 aromatic heterocycles. The zero-order valence-corrected chi connectivity index (χ0v) is 14.1. The zero-order valence-electron chi connectivity index (χ0n) is 12.5. The van der Waals surface area contributed by atoms with Gasteiger partial charge < -0.3 is 10.6 Å². The fourth-order valence-corrected chi connectivity index (χ4v) is 3.16. The van der Waals surface area contributed by atoms with Crippen molar-refractivity contribution in [3.63, 3.8) is 0 Å². The number of nitrogens with one attached hydrogen (secondary N) is 2. The predicted molar refractivity (Wildman–Crippen MR) is 87.3 cm³/mol. The van der Waals surface area contributed by atoms with E-state index in [-0.39, 0.29) is 11.8 Å². The minimum Gasteiger partial charge on any atom is -0.348 e. The Balaban J connectivity index is 1.98. The van der Waals surface area contributed by atoms with E-state index in [1.165, 1.54) is 22.7 Å². The molecule has 2 heterocycles. The lowest BCUT2D eigenvalue weighted by Gasteiger charge is -2.30. The second-order valence-electron chi connectivity index (χ2n) is 5.19. The molecule has 118 valence electrons. The Kier molecular flexibility index (Phi) is 5.62. The minimum atomic E-state index is -0.527. The summed E-state index contributed by atoms with van der Waals surface area (Å²) in [5.74, 6) is -0.452. The highest BCUT2D eigenvalue weighted by molar-refractivity contribution is 7.08. The van der Waals surface area contributed by atoms with Gasteiger partial charge in [0.2, 0.25) is 0 Å². The molecule has 2 N–H and O–H groups in total. The molecule has 0 saturated heterocycles. The number of rotatable bonds is 7. The van der Waals surface area contributed by atoms with Gasteiger partial charge in [-0.25, -0.2) is 9.97 Å². The molecule has 0 aliphatic rings. The van der Waals surface area contributed by atoms with Gasteiger partial charge in [0.15, 0.2) is 0 Å². The summed E-state index contributed by atoms with van der Waals surface area (Å²) in [6.07, 6.45) is 1.64. The fourth-order valence-electron chi connectivity index (χ4n) is 2.10. The Labute approximate surface area is 137 Å². The fraction of sp³-hybridized carbons (Fsp3) is 0.429. The lowest BCUT2D eigenvalue weighted by atomic mass is 9.95. The highest BCUT2D eigenvalue weighted by Crippen LogP contribution is 2.13. The van der Waals surface area contributed by atoms with Gasteiger partial charge in [-0.15, -0.1) is 22.7 Å². The van der Waals surface area contributed by atoms with Gasteiger partial charge in [0.25, 0.3) is 11.8 Å². The normalized spacial score (nSPS) is 13.4. The van der Waals surface area contributed by atoms with Crippen molar-refractivity contribution < 1.29 is 9.59 Å². The molecule has 0 spiro atoms. The third-order valence-corrected chi connectivity index (χ3v) is 4.36. The molecule has 1 atom stereocenters. The highest BCUT2D eigenvalue weighted by atomic mass is 32.1. The standard InChI is InChI=1S/C14H18N4O2S2/c1-3-4-14(2,18-13(20)11-6-22-9-17-11)7-15-12(19)10-5-21-8-16-10/h5-6,8-9H,3-4,7H2,1-2H3,(H,15,19)(H,18,20). The monoisotopic (exact) mass is 338 g/mol. The number of nitrogens with zero attached hydrogens (tertiary/aromatic N) is 2. The van der Waals surface area contributed by atoms with E-state index in [4.69, 9.17) is 0 Å². The van der Waals surface area contributed by atoms with Crippen molar-refractivity contribution in [3.8, 4) is 0 Å². The maximum absolute atomic E-state index is 12.2. The highest BCUT2D eigenvalue weighted by Gasteiger charge is 2.27. The van der Waals surface area contributed by atoms with Crippen LogP contribution >= 0.6 is 22.7 Å². The van der Waals surface area contributed by atoms with Crippen LogP contribution in [0.5, 0.6) is 0 Å². The zero-order chi connectivity index (χ0) is 16.0. The molecule has 0 aromatic carbocycles. The van der Waals surface area contributed by atoms with Gasteiger partial charge in [-0.1, -0.05) is 13.3 Å². The molecule has 2 rings (SSSR count). The number of carbonyl (C=O) groups excluding carboxylic acids is 2. The summed E-state index contributed by atoms with van der Waals surface area (Å²) >= 11 is 2.75. The average Bonchev–Trinajstić information content (AvgIpc) is 3.17. The van der Waals surface area contributed by atoms with Crippen molar-refractivity contribution in [2.45, 2.75) is 32.2 Å². The molecule has 0 bridgehead atoms. The SMILES string of the molecule is CCCC(C)(CNC(=O)c1cscn1)NC(=O)c1cscn1. The van der Waals surface area contributed by atoms with Crippen molar-refractivity contribution in [2.75, 3.05) is 6.54 Å². The van der Waals surface area contributed by atoms with Crippen molar-refractivity contribution in [3.05, 3.63) is 33.2 Å². The second-order valence-corrected chi connectivity index (χ2v) is 6.63. The smallest absolute Gasteiger partial charge is 0.271 e. The second kappa shape index (κ2) is 7.46. The molecule has 2 amide bonds. The maximum Gasteiger partial charge on any atom is 0.271 e. The molecule has 2 aromatic rings. The quantitative estimate of drug-likeness (QED) is 0.811. The van der Waals surface area contributed by atoms with Gasteiger partial charge in [-0.05, 0) is 13.3 Å². The van der Waals surface area contributed by atoms with Crippen LogP contribution in [0.2, 0.25) is 0 Å². The lowest BCUT2D eigenvalue weighted by Crippen LogP contribution is -2.53. The summed E-state index contributed by atoms with van der Waals surface area (Å²) in [4.78, 5) is 32.1. The Morgan fingerprint density at radius 2 is 1.73 bits per heavy atom. The van der Waals surface area contributed by atoms with Gasteiger partial charge in [0, 0.05) is 17.3 Å². The number of hydrogen-bond donors (Lipinski definition) is 2. The van der Waals surface area contributed by atoms with Crippen LogP contribution in [0.3, 0.4) is 0 Å². The van der Waals surface area contributed by atoms with Crippen molar-refractivity contribution in [2.24, 2.45) is 0 Å². The molecule has 0 saturated carbocycles. The maximum atomic E-state index is 12.2. The molecule has 0 aliphatic heterocycles. The van der Waals surface area contributed by atoms with E-state index >= 15 is 0 Å². The van der Waals surface area contributed by atoms with Crippen LogP contribution in [0, 0.1) is 0 Å². The summed E-state index contributed by atoms with van der Waals surface area (Å²) in [6, 6.07) is 0.